The maximum absolute atomic E-state index is 5.35. The minimum Gasteiger partial charge on any atom is -0.383 e. The molecule has 0 aromatic rings. The van der Waals surface area contributed by atoms with Gasteiger partial charge in [0.05, 0.1) is 6.61 Å². The first-order valence-corrected chi connectivity index (χ1v) is 7.12. The first kappa shape index (κ1) is 17.8. The molecule has 0 heterocycles. The van der Waals surface area contributed by atoms with Gasteiger partial charge in [-0.15, -0.1) is 0 Å². The topological polar surface area (TPSA) is 27.7 Å². The Morgan fingerprint density at radius 1 is 1.17 bits per heavy atom. The third-order valence-electron chi connectivity index (χ3n) is 3.09. The average Bonchev–Trinajstić information content (AvgIpc) is 2.30. The van der Waals surface area contributed by atoms with Crippen molar-refractivity contribution in [2.45, 2.75) is 39.3 Å². The Bertz CT molecular complexity index is 186. The minimum atomic E-state index is 0.476. The van der Waals surface area contributed by atoms with Gasteiger partial charge < -0.3 is 15.0 Å². The van der Waals surface area contributed by atoms with Crippen LogP contribution in [0, 0.1) is 0 Å². The highest BCUT2D eigenvalue weighted by Gasteiger charge is 2.16. The van der Waals surface area contributed by atoms with Crippen molar-refractivity contribution < 1.29 is 4.74 Å². The van der Waals surface area contributed by atoms with Crippen molar-refractivity contribution in [1.82, 2.24) is 15.1 Å². The summed E-state index contributed by atoms with van der Waals surface area (Å²) in [7, 11) is 6.04. The smallest absolute Gasteiger partial charge is 0.0630 e. The number of rotatable bonds is 11. The summed E-state index contributed by atoms with van der Waals surface area (Å²) in [6.07, 6.45) is 1.21. The third kappa shape index (κ3) is 8.86. The zero-order valence-corrected chi connectivity index (χ0v) is 13.2. The maximum atomic E-state index is 5.35. The van der Waals surface area contributed by atoms with Gasteiger partial charge in [0.2, 0.25) is 0 Å². The number of methoxy groups -OCH3 is 1. The molecule has 18 heavy (non-hydrogen) atoms. The van der Waals surface area contributed by atoms with E-state index in [0.717, 1.165) is 32.8 Å². The summed E-state index contributed by atoms with van der Waals surface area (Å²) in [5.41, 5.74) is 0. The molecule has 4 nitrogen and oxygen atoms in total. The van der Waals surface area contributed by atoms with Crippen molar-refractivity contribution in [2.24, 2.45) is 0 Å². The molecule has 0 aromatic carbocycles. The van der Waals surface area contributed by atoms with Crippen LogP contribution in [0.1, 0.15) is 27.2 Å². The normalized spacial score (nSPS) is 13.8. The van der Waals surface area contributed by atoms with Gasteiger partial charge in [-0.2, -0.15) is 0 Å². The number of ether oxygens (including phenoxy) is 1. The van der Waals surface area contributed by atoms with Crippen LogP contribution in [0.4, 0.5) is 0 Å². The van der Waals surface area contributed by atoms with E-state index in [2.05, 4.69) is 50.0 Å². The van der Waals surface area contributed by atoms with Crippen LogP contribution in [0.2, 0.25) is 0 Å². The molecule has 0 aliphatic heterocycles. The molecular weight excluding hydrogens is 226 g/mol. The summed E-state index contributed by atoms with van der Waals surface area (Å²) in [6.45, 7) is 11.8. The van der Waals surface area contributed by atoms with Crippen LogP contribution < -0.4 is 5.32 Å². The second-order valence-corrected chi connectivity index (χ2v) is 5.46. The van der Waals surface area contributed by atoms with Crippen molar-refractivity contribution in [2.75, 3.05) is 54.0 Å². The summed E-state index contributed by atoms with van der Waals surface area (Å²) < 4.78 is 5.35. The number of hydrogen-bond donors (Lipinski definition) is 1. The van der Waals surface area contributed by atoms with Gasteiger partial charge >= 0.3 is 0 Å². The molecule has 4 heteroatoms. The summed E-state index contributed by atoms with van der Waals surface area (Å²) in [5, 5.41) is 3.51. The van der Waals surface area contributed by atoms with Crippen LogP contribution in [0.25, 0.3) is 0 Å². The molecule has 1 unspecified atom stereocenters. The molecule has 0 saturated heterocycles. The number of nitrogens with one attached hydrogen (secondary N) is 1. The summed E-state index contributed by atoms with van der Waals surface area (Å²) in [4.78, 5) is 4.76. The first-order chi connectivity index (χ1) is 8.51. The highest BCUT2D eigenvalue weighted by Crippen LogP contribution is 2.02. The van der Waals surface area contributed by atoms with Crippen molar-refractivity contribution in [3.05, 3.63) is 0 Å². The molecule has 0 aliphatic rings. The zero-order chi connectivity index (χ0) is 14.0. The van der Waals surface area contributed by atoms with E-state index in [0.29, 0.717) is 12.1 Å². The van der Waals surface area contributed by atoms with Crippen molar-refractivity contribution >= 4 is 0 Å². The number of nitrogens with zero attached hydrogens (tertiary/aromatic N) is 2. The predicted octanol–water partition coefficient (Wildman–Crippen LogP) is 1.27. The van der Waals surface area contributed by atoms with Crippen molar-refractivity contribution in [1.29, 1.82) is 0 Å². The minimum absolute atomic E-state index is 0.476. The lowest BCUT2D eigenvalue weighted by Crippen LogP contribution is -2.47. The highest BCUT2D eigenvalue weighted by atomic mass is 16.5. The maximum Gasteiger partial charge on any atom is 0.0630 e. The monoisotopic (exact) mass is 259 g/mol. The van der Waals surface area contributed by atoms with Gasteiger partial charge in [-0.1, -0.05) is 20.8 Å². The summed E-state index contributed by atoms with van der Waals surface area (Å²) in [5.74, 6) is 0. The quantitative estimate of drug-likeness (QED) is 0.605. The fraction of sp³-hybridized carbons (Fsp3) is 1.00. The summed E-state index contributed by atoms with van der Waals surface area (Å²) in [6, 6.07) is 1.01. The lowest BCUT2D eigenvalue weighted by molar-refractivity contribution is 0.0890. The Labute approximate surface area is 114 Å². The molecule has 1 N–H and O–H groups in total. The first-order valence-electron chi connectivity index (χ1n) is 7.12. The lowest BCUT2D eigenvalue weighted by atomic mass is 10.2. The van der Waals surface area contributed by atoms with Gasteiger partial charge in [0.1, 0.15) is 0 Å². The van der Waals surface area contributed by atoms with E-state index in [9.17, 15) is 0 Å². The summed E-state index contributed by atoms with van der Waals surface area (Å²) >= 11 is 0. The molecule has 0 aromatic heterocycles. The van der Waals surface area contributed by atoms with Crippen molar-refractivity contribution in [3.63, 3.8) is 0 Å². The molecule has 1 atom stereocenters. The zero-order valence-electron chi connectivity index (χ0n) is 13.2. The molecule has 110 valence electrons. The van der Waals surface area contributed by atoms with Gasteiger partial charge in [0, 0.05) is 25.7 Å². The highest BCUT2D eigenvalue weighted by molar-refractivity contribution is 4.74. The van der Waals surface area contributed by atoms with E-state index in [1.54, 1.807) is 7.11 Å². The van der Waals surface area contributed by atoms with Crippen LogP contribution in [0.3, 0.4) is 0 Å². The molecule has 0 fully saturated rings. The Balaban J connectivity index is 4.14. The molecule has 0 spiro atoms. The number of likely N-dealkylation sites (N-methyl/N-ethyl adjacent to an activating group) is 1. The molecule has 0 saturated carbocycles. The lowest BCUT2D eigenvalue weighted by Gasteiger charge is -2.31. The van der Waals surface area contributed by atoms with Crippen LogP contribution in [0.15, 0.2) is 0 Å². The Morgan fingerprint density at radius 3 is 2.28 bits per heavy atom. The predicted molar refractivity (Wildman–Crippen MR) is 79.2 cm³/mol. The molecular formula is C14H33N3O. The van der Waals surface area contributed by atoms with Crippen LogP contribution in [-0.4, -0.2) is 75.9 Å². The fourth-order valence-electron chi connectivity index (χ4n) is 2.05. The van der Waals surface area contributed by atoms with E-state index in [4.69, 9.17) is 4.74 Å². The Kier molecular flexibility index (Phi) is 10.6. The third-order valence-corrected chi connectivity index (χ3v) is 3.09. The van der Waals surface area contributed by atoms with Gasteiger partial charge in [-0.05, 0) is 40.2 Å². The Hall–Kier alpha value is -0.160. The Morgan fingerprint density at radius 2 is 1.83 bits per heavy atom. The van der Waals surface area contributed by atoms with E-state index < -0.39 is 0 Å². The SMILES string of the molecule is CCN(CCCN(C)C)C(CNC(C)C)COC. The van der Waals surface area contributed by atoms with E-state index in [1.165, 1.54) is 6.42 Å². The molecule has 0 bridgehead atoms. The molecule has 0 aliphatic carbocycles. The van der Waals surface area contributed by atoms with Gasteiger partial charge in [0.15, 0.2) is 0 Å². The molecule has 0 radical (unpaired) electrons. The van der Waals surface area contributed by atoms with Crippen LogP contribution in [0.5, 0.6) is 0 Å². The second kappa shape index (κ2) is 10.7. The van der Waals surface area contributed by atoms with Crippen LogP contribution in [-0.2, 0) is 4.74 Å². The number of hydrogen-bond acceptors (Lipinski definition) is 4. The molecule has 0 amide bonds. The van der Waals surface area contributed by atoms with Crippen LogP contribution >= 0.6 is 0 Å². The van der Waals surface area contributed by atoms with E-state index in [1.807, 2.05) is 0 Å². The van der Waals surface area contributed by atoms with Gasteiger partial charge in [0.25, 0.3) is 0 Å². The fourth-order valence-corrected chi connectivity index (χ4v) is 2.05. The van der Waals surface area contributed by atoms with Gasteiger partial charge in [-0.25, -0.2) is 0 Å². The van der Waals surface area contributed by atoms with Gasteiger partial charge in [-0.3, -0.25) is 4.90 Å². The van der Waals surface area contributed by atoms with E-state index >= 15 is 0 Å². The largest absolute Gasteiger partial charge is 0.383 e. The van der Waals surface area contributed by atoms with Crippen molar-refractivity contribution in [3.8, 4) is 0 Å². The molecule has 0 rings (SSSR count). The van der Waals surface area contributed by atoms with E-state index in [-0.39, 0.29) is 0 Å². The average molecular weight is 259 g/mol. The standard InChI is InChI=1S/C14H33N3O/c1-7-17(10-8-9-16(4)5)14(12-18-6)11-15-13(2)3/h13-15H,7-12H2,1-6H3. The second-order valence-electron chi connectivity index (χ2n) is 5.46.